The number of carbonyl (C=O) groups excluding carboxylic acids is 4. The molecule has 0 unspecified atom stereocenters. The number of likely N-dealkylation sites (tertiary alicyclic amines) is 1. The summed E-state index contributed by atoms with van der Waals surface area (Å²) in [6, 6.07) is 16.2. The van der Waals surface area contributed by atoms with E-state index in [9.17, 15) is 32.3 Å². The topological polar surface area (TPSA) is 133 Å². The number of benzene rings is 2. The molecule has 0 saturated carbocycles. The van der Waals surface area contributed by atoms with E-state index in [1.165, 1.54) is 12.0 Å². The van der Waals surface area contributed by atoms with Crippen LogP contribution in [0, 0.1) is 11.8 Å². The Hall–Kier alpha value is -4.26. The number of rotatable bonds is 7. The lowest BCUT2D eigenvalue weighted by Gasteiger charge is -2.30. The third-order valence-electron chi connectivity index (χ3n) is 8.10. The number of aliphatic carboxylic acids is 1. The fourth-order valence-corrected chi connectivity index (χ4v) is 5.70. The molecule has 10 nitrogen and oxygen atoms in total. The first-order valence-corrected chi connectivity index (χ1v) is 14.3. The molecule has 0 spiro atoms. The largest absolute Gasteiger partial charge is 0.490 e. The third kappa shape index (κ3) is 7.52. The molecule has 2 aromatic carbocycles. The van der Waals surface area contributed by atoms with Crippen LogP contribution in [0.15, 0.2) is 54.6 Å². The van der Waals surface area contributed by atoms with Gasteiger partial charge in [0.1, 0.15) is 5.54 Å². The normalized spacial score (nSPS) is 22.8. The minimum Gasteiger partial charge on any atom is -0.475 e. The highest BCUT2D eigenvalue weighted by atomic mass is 19.4. The van der Waals surface area contributed by atoms with E-state index in [0.29, 0.717) is 12.1 Å². The predicted molar refractivity (Wildman–Crippen MR) is 157 cm³/mol. The summed E-state index contributed by atoms with van der Waals surface area (Å²) in [5.41, 5.74) is 1.07. The maximum Gasteiger partial charge on any atom is 0.490 e. The Bertz CT molecular complexity index is 1420. The van der Waals surface area contributed by atoms with Crippen LogP contribution in [-0.2, 0) is 35.9 Å². The first-order valence-electron chi connectivity index (χ1n) is 14.3. The Morgan fingerprint density at radius 1 is 1.00 bits per heavy atom. The van der Waals surface area contributed by atoms with Crippen molar-refractivity contribution in [2.45, 2.75) is 64.3 Å². The molecule has 2 aliphatic rings. The standard InChI is InChI=1S/C30H37N3O5.C2HF3O2/c1-7-32(25(34)20-13-15-21(16-14-20)29(2,3)4)18-22-23-24(30(5,31-22)28(37)38-6)27(36)33(26(23)35)17-19-11-9-8-10-12-19;3-2(4,5)1(6)7/h8-16,22-24,31H,7,17-18H2,1-6H3;(H,6,7)/t22-,23+,24-,30-;/m1./s1. The molecule has 244 valence electrons. The lowest BCUT2D eigenvalue weighted by molar-refractivity contribution is -0.192. The van der Waals surface area contributed by atoms with Crippen molar-refractivity contribution in [3.8, 4) is 0 Å². The molecule has 0 aliphatic carbocycles. The average Bonchev–Trinajstić information content (AvgIpc) is 3.42. The number of alkyl halides is 3. The van der Waals surface area contributed by atoms with Gasteiger partial charge in [-0.1, -0.05) is 63.2 Å². The number of ether oxygens (including phenoxy) is 1. The number of methoxy groups -OCH3 is 1. The summed E-state index contributed by atoms with van der Waals surface area (Å²) < 4.78 is 36.8. The van der Waals surface area contributed by atoms with Crippen molar-refractivity contribution >= 4 is 29.7 Å². The first-order chi connectivity index (χ1) is 20.9. The molecule has 2 N–H and O–H groups in total. The molecule has 0 radical (unpaired) electrons. The third-order valence-corrected chi connectivity index (χ3v) is 8.10. The van der Waals surface area contributed by atoms with Crippen LogP contribution in [0.2, 0.25) is 0 Å². The molecule has 0 aromatic heterocycles. The number of carbonyl (C=O) groups is 5. The SMILES string of the molecule is CCN(C[C@H]1N[C@@](C)(C(=O)OC)[C@H]2C(=O)N(Cc3ccccc3)C(=O)[C@@H]12)C(=O)c1ccc(C(C)(C)C)cc1.O=C(O)C(F)(F)F. The van der Waals surface area contributed by atoms with E-state index in [-0.39, 0.29) is 30.3 Å². The van der Waals surface area contributed by atoms with Gasteiger partial charge < -0.3 is 14.7 Å². The zero-order chi connectivity index (χ0) is 33.9. The van der Waals surface area contributed by atoms with Crippen molar-refractivity contribution in [1.29, 1.82) is 0 Å². The van der Waals surface area contributed by atoms with Gasteiger partial charge in [0.25, 0.3) is 5.91 Å². The Morgan fingerprint density at radius 2 is 1.56 bits per heavy atom. The fourth-order valence-electron chi connectivity index (χ4n) is 5.70. The quantitative estimate of drug-likeness (QED) is 0.348. The number of carboxylic acid groups (broad SMARTS) is 1. The number of amides is 3. The summed E-state index contributed by atoms with van der Waals surface area (Å²) in [6.45, 7) is 10.5. The van der Waals surface area contributed by atoms with Crippen LogP contribution in [0.25, 0.3) is 0 Å². The first kappa shape index (κ1) is 35.2. The Morgan fingerprint density at radius 3 is 2.02 bits per heavy atom. The second-order valence-electron chi connectivity index (χ2n) is 12.2. The summed E-state index contributed by atoms with van der Waals surface area (Å²) in [7, 11) is 1.27. The van der Waals surface area contributed by atoms with Gasteiger partial charge in [0, 0.05) is 24.7 Å². The average molecular weight is 634 g/mol. The van der Waals surface area contributed by atoms with Crippen molar-refractivity contribution in [1.82, 2.24) is 15.1 Å². The van der Waals surface area contributed by atoms with Gasteiger partial charge in [-0.25, -0.2) is 4.79 Å². The lowest BCUT2D eigenvalue weighted by atomic mass is 9.81. The molecule has 4 rings (SSSR count). The monoisotopic (exact) mass is 633 g/mol. The molecule has 2 heterocycles. The summed E-state index contributed by atoms with van der Waals surface area (Å²) in [5, 5.41) is 10.4. The molecular formula is C32H38F3N3O7. The highest BCUT2D eigenvalue weighted by molar-refractivity contribution is 6.09. The molecule has 0 bridgehead atoms. The molecule has 2 fully saturated rings. The van der Waals surface area contributed by atoms with Gasteiger partial charge in [0.05, 0.1) is 25.5 Å². The van der Waals surface area contributed by atoms with Gasteiger partial charge in [-0.2, -0.15) is 13.2 Å². The number of nitrogens with one attached hydrogen (secondary N) is 1. The maximum absolute atomic E-state index is 13.7. The molecule has 45 heavy (non-hydrogen) atoms. The molecule has 13 heteroatoms. The van der Waals surface area contributed by atoms with Crippen molar-refractivity contribution in [3.63, 3.8) is 0 Å². The zero-order valence-electron chi connectivity index (χ0n) is 26.0. The number of hydrogen-bond acceptors (Lipinski definition) is 7. The second-order valence-corrected chi connectivity index (χ2v) is 12.2. The minimum absolute atomic E-state index is 0.0336. The van der Waals surface area contributed by atoms with E-state index in [1.54, 1.807) is 11.8 Å². The zero-order valence-corrected chi connectivity index (χ0v) is 26.0. The molecule has 4 atom stereocenters. The minimum atomic E-state index is -5.08. The number of likely N-dealkylation sites (N-methyl/N-ethyl adjacent to an activating group) is 1. The van der Waals surface area contributed by atoms with Crippen molar-refractivity contribution in [2.24, 2.45) is 11.8 Å². The van der Waals surface area contributed by atoms with Crippen LogP contribution in [0.5, 0.6) is 0 Å². The number of halogens is 3. The fraction of sp³-hybridized carbons (Fsp3) is 0.469. The van der Waals surface area contributed by atoms with Gasteiger partial charge >= 0.3 is 18.1 Å². The second kappa shape index (κ2) is 13.4. The van der Waals surface area contributed by atoms with Gasteiger partial charge in [-0.05, 0) is 42.5 Å². The van der Waals surface area contributed by atoms with E-state index in [0.717, 1.165) is 11.1 Å². The van der Waals surface area contributed by atoms with Crippen molar-refractivity contribution in [3.05, 3.63) is 71.3 Å². The van der Waals surface area contributed by atoms with Crippen LogP contribution < -0.4 is 5.32 Å². The summed E-state index contributed by atoms with van der Waals surface area (Å²) in [4.78, 5) is 65.4. The van der Waals surface area contributed by atoms with Crippen molar-refractivity contribution in [2.75, 3.05) is 20.2 Å². The molecule has 2 saturated heterocycles. The van der Waals surface area contributed by atoms with Gasteiger partial charge in [-0.15, -0.1) is 0 Å². The van der Waals surface area contributed by atoms with E-state index in [2.05, 4.69) is 26.1 Å². The number of nitrogens with zero attached hydrogens (tertiary/aromatic N) is 2. The predicted octanol–water partition coefficient (Wildman–Crippen LogP) is 3.78. The van der Waals surface area contributed by atoms with Crippen molar-refractivity contribution < 1.29 is 47.0 Å². The van der Waals surface area contributed by atoms with Crippen LogP contribution in [0.1, 0.15) is 56.1 Å². The number of fused-ring (bicyclic) bond motifs is 1. The van der Waals surface area contributed by atoms with Crippen LogP contribution in [0.3, 0.4) is 0 Å². The lowest BCUT2D eigenvalue weighted by Crippen LogP contribution is -2.56. The maximum atomic E-state index is 13.7. The number of carboxylic acids is 1. The Balaban J connectivity index is 0.000000707. The summed E-state index contributed by atoms with van der Waals surface area (Å²) in [5.74, 6) is -5.99. The number of imide groups is 1. The van der Waals surface area contributed by atoms with Crippen LogP contribution in [-0.4, -0.2) is 82.5 Å². The van der Waals surface area contributed by atoms with Gasteiger partial charge in [0.2, 0.25) is 11.8 Å². The van der Waals surface area contributed by atoms with E-state index >= 15 is 0 Å². The molecular weight excluding hydrogens is 595 g/mol. The van der Waals surface area contributed by atoms with Gasteiger partial charge in [-0.3, -0.25) is 29.4 Å². The van der Waals surface area contributed by atoms with Crippen LogP contribution in [0.4, 0.5) is 13.2 Å². The van der Waals surface area contributed by atoms with E-state index in [4.69, 9.17) is 14.6 Å². The smallest absolute Gasteiger partial charge is 0.475 e. The van der Waals surface area contributed by atoms with E-state index in [1.807, 2.05) is 61.5 Å². The Labute approximate surface area is 259 Å². The van der Waals surface area contributed by atoms with Crippen LogP contribution >= 0.6 is 0 Å². The molecule has 2 aromatic rings. The Kier molecular flexibility index (Phi) is 10.5. The number of esters is 1. The molecule has 2 aliphatic heterocycles. The van der Waals surface area contributed by atoms with E-state index < -0.39 is 47.4 Å². The number of hydrogen-bond donors (Lipinski definition) is 2. The summed E-state index contributed by atoms with van der Waals surface area (Å²) >= 11 is 0. The molecule has 3 amide bonds. The van der Waals surface area contributed by atoms with Gasteiger partial charge in [0.15, 0.2) is 0 Å². The summed E-state index contributed by atoms with van der Waals surface area (Å²) in [6.07, 6.45) is -5.08. The highest BCUT2D eigenvalue weighted by Gasteiger charge is 2.66. The highest BCUT2D eigenvalue weighted by Crippen LogP contribution is 2.44.